The van der Waals surface area contributed by atoms with E-state index < -0.39 is 0 Å². The van der Waals surface area contributed by atoms with Crippen LogP contribution in [0.15, 0.2) is 36.4 Å². The molecule has 3 heterocycles. The summed E-state index contributed by atoms with van der Waals surface area (Å²) in [6.45, 7) is 3.53. The molecule has 5 rings (SSSR count). The molecule has 2 aliphatic rings. The van der Waals surface area contributed by atoms with Gasteiger partial charge in [0.05, 0.1) is 12.5 Å². The number of amides is 1. The number of hydrogen-bond donors (Lipinski definition) is 3. The van der Waals surface area contributed by atoms with Crippen LogP contribution in [0.1, 0.15) is 42.5 Å². The molecule has 1 atom stereocenters. The van der Waals surface area contributed by atoms with E-state index in [2.05, 4.69) is 42.7 Å². The van der Waals surface area contributed by atoms with E-state index in [4.69, 9.17) is 9.97 Å². The lowest BCUT2D eigenvalue weighted by atomic mass is 10.0. The Balaban J connectivity index is 1.43. The molecule has 0 spiro atoms. The fourth-order valence-electron chi connectivity index (χ4n) is 4.20. The number of carbonyl (C=O) groups is 1. The van der Waals surface area contributed by atoms with Crippen molar-refractivity contribution >= 4 is 29.6 Å². The summed E-state index contributed by atoms with van der Waals surface area (Å²) in [6, 6.07) is 11.6. The Labute approximate surface area is 211 Å². The summed E-state index contributed by atoms with van der Waals surface area (Å²) in [6.07, 6.45) is 2.67. The lowest BCUT2D eigenvalue weighted by Crippen LogP contribution is -2.45. The maximum Gasteiger partial charge on any atom is 0.235 e. The second-order valence-corrected chi connectivity index (χ2v) is 9.78. The Morgan fingerprint density at radius 1 is 1.08 bits per heavy atom. The number of H-pyrrole nitrogens is 1. The largest absolute Gasteiger partial charge is 0.349 e. The van der Waals surface area contributed by atoms with Crippen molar-refractivity contribution in [3.63, 3.8) is 0 Å². The molecule has 1 saturated carbocycles. The third kappa shape index (κ3) is 5.91. The Morgan fingerprint density at radius 3 is 2.50 bits per heavy atom. The van der Waals surface area contributed by atoms with Gasteiger partial charge in [0.1, 0.15) is 0 Å². The zero-order chi connectivity index (χ0) is 25.1. The maximum atomic E-state index is 12.6. The van der Waals surface area contributed by atoms with E-state index in [1.54, 1.807) is 19.0 Å². The highest BCUT2D eigenvalue weighted by atomic mass is 16.2. The molecule has 1 aliphatic heterocycles. The van der Waals surface area contributed by atoms with E-state index in [1.165, 1.54) is 12.8 Å². The number of anilines is 4. The summed E-state index contributed by atoms with van der Waals surface area (Å²) >= 11 is 0. The number of rotatable bonds is 9. The maximum absolute atomic E-state index is 12.6. The molecule has 1 aliphatic carbocycles. The van der Waals surface area contributed by atoms with Crippen molar-refractivity contribution in [1.29, 1.82) is 0 Å². The molecule has 11 heteroatoms. The monoisotopic (exact) mass is 490 g/mol. The van der Waals surface area contributed by atoms with Gasteiger partial charge in [0, 0.05) is 58.0 Å². The van der Waals surface area contributed by atoms with Crippen LogP contribution in [0, 0.1) is 0 Å². The second-order valence-electron chi connectivity index (χ2n) is 9.78. The van der Waals surface area contributed by atoms with E-state index >= 15 is 0 Å². The molecule has 0 radical (unpaired) electrons. The highest BCUT2D eigenvalue weighted by molar-refractivity contribution is 5.77. The summed E-state index contributed by atoms with van der Waals surface area (Å²) in [7, 11) is 5.65. The van der Waals surface area contributed by atoms with Crippen molar-refractivity contribution in [3.05, 3.63) is 47.7 Å². The summed E-state index contributed by atoms with van der Waals surface area (Å²) < 4.78 is 0. The number of hydrogen-bond acceptors (Lipinski definition) is 9. The first kappa shape index (κ1) is 24.0. The molecule has 1 aromatic carbocycles. The van der Waals surface area contributed by atoms with Gasteiger partial charge >= 0.3 is 0 Å². The van der Waals surface area contributed by atoms with Crippen molar-refractivity contribution in [3.8, 4) is 0 Å². The summed E-state index contributed by atoms with van der Waals surface area (Å²) in [5.74, 6) is 2.71. The molecule has 190 valence electrons. The molecular formula is C25H34N10O. The molecule has 0 bridgehead atoms. The predicted molar refractivity (Wildman–Crippen MR) is 139 cm³/mol. The smallest absolute Gasteiger partial charge is 0.235 e. The van der Waals surface area contributed by atoms with Crippen LogP contribution in [0.4, 0.5) is 23.7 Å². The van der Waals surface area contributed by atoms with Gasteiger partial charge in [0.2, 0.25) is 23.8 Å². The standard InChI is InChI=1S/C25H34N10O/c1-33(2)22(36)16-19(17-7-5-4-6-8-17)26-23-28-24(27-21-15-20(31-32-21)18-9-10-18)30-25(29-23)35-13-11-34(3)12-14-35/h4-8,15,18-19H,9-14,16H2,1-3H3,(H3,26,27,28,29,30,31,32). The van der Waals surface area contributed by atoms with Crippen LogP contribution in [0.5, 0.6) is 0 Å². The van der Waals surface area contributed by atoms with Gasteiger partial charge in [-0.15, -0.1) is 0 Å². The van der Waals surface area contributed by atoms with Gasteiger partial charge in [-0.1, -0.05) is 30.3 Å². The highest BCUT2D eigenvalue weighted by Crippen LogP contribution is 2.39. The van der Waals surface area contributed by atoms with Gasteiger partial charge < -0.3 is 25.3 Å². The predicted octanol–water partition coefficient (Wildman–Crippen LogP) is 2.60. The minimum atomic E-state index is -0.288. The summed E-state index contributed by atoms with van der Waals surface area (Å²) in [5, 5.41) is 14.2. The van der Waals surface area contributed by atoms with E-state index in [0.29, 0.717) is 29.6 Å². The fraction of sp³-hybridized carbons (Fsp3) is 0.480. The number of nitrogens with one attached hydrogen (secondary N) is 3. The minimum absolute atomic E-state index is 0.0205. The van der Waals surface area contributed by atoms with Gasteiger partial charge in [-0.25, -0.2) is 0 Å². The second kappa shape index (κ2) is 10.5. The van der Waals surface area contributed by atoms with E-state index in [-0.39, 0.29) is 18.4 Å². The number of aromatic nitrogens is 5. The number of nitrogens with zero attached hydrogens (tertiary/aromatic N) is 7. The van der Waals surface area contributed by atoms with Crippen molar-refractivity contribution < 1.29 is 4.79 Å². The average molecular weight is 491 g/mol. The Kier molecular flexibility index (Phi) is 6.99. The quantitative estimate of drug-likeness (QED) is 0.416. The Morgan fingerprint density at radius 2 is 1.81 bits per heavy atom. The molecule has 11 nitrogen and oxygen atoms in total. The van der Waals surface area contributed by atoms with Crippen LogP contribution in [0.3, 0.4) is 0 Å². The van der Waals surface area contributed by atoms with Crippen molar-refractivity contribution in [2.75, 3.05) is 62.9 Å². The minimum Gasteiger partial charge on any atom is -0.349 e. The lowest BCUT2D eigenvalue weighted by Gasteiger charge is -2.32. The average Bonchev–Trinajstić information content (AvgIpc) is 3.63. The zero-order valence-electron chi connectivity index (χ0n) is 21.1. The van der Waals surface area contributed by atoms with Crippen molar-refractivity contribution in [2.45, 2.75) is 31.2 Å². The lowest BCUT2D eigenvalue weighted by molar-refractivity contribution is -0.128. The van der Waals surface area contributed by atoms with Crippen LogP contribution < -0.4 is 15.5 Å². The van der Waals surface area contributed by atoms with Crippen LogP contribution in [-0.2, 0) is 4.79 Å². The number of benzene rings is 1. The highest BCUT2D eigenvalue weighted by Gasteiger charge is 2.26. The van der Waals surface area contributed by atoms with Crippen LogP contribution in [0.25, 0.3) is 0 Å². The van der Waals surface area contributed by atoms with Crippen molar-refractivity contribution in [1.82, 2.24) is 34.9 Å². The molecular weight excluding hydrogens is 456 g/mol. The summed E-state index contributed by atoms with van der Waals surface area (Å²) in [5.41, 5.74) is 2.13. The topological polar surface area (TPSA) is 118 Å². The number of likely N-dealkylation sites (N-methyl/N-ethyl adjacent to an activating group) is 1. The fourth-order valence-corrected chi connectivity index (χ4v) is 4.20. The molecule has 1 amide bonds. The van der Waals surface area contributed by atoms with Gasteiger partial charge in [-0.2, -0.15) is 20.1 Å². The van der Waals surface area contributed by atoms with Gasteiger partial charge in [0.25, 0.3) is 0 Å². The molecule has 2 aromatic heterocycles. The van der Waals surface area contributed by atoms with Gasteiger partial charge in [-0.3, -0.25) is 9.89 Å². The van der Waals surface area contributed by atoms with Crippen molar-refractivity contribution in [2.24, 2.45) is 0 Å². The Bertz CT molecular complexity index is 1170. The third-order valence-corrected chi connectivity index (χ3v) is 6.65. The van der Waals surface area contributed by atoms with E-state index in [1.807, 2.05) is 36.4 Å². The first-order valence-electron chi connectivity index (χ1n) is 12.5. The van der Waals surface area contributed by atoms with Crippen LogP contribution in [-0.4, -0.2) is 88.2 Å². The molecule has 1 unspecified atom stereocenters. The number of piperazine rings is 1. The Hall–Kier alpha value is -3.73. The zero-order valence-corrected chi connectivity index (χ0v) is 21.1. The van der Waals surface area contributed by atoms with E-state index in [0.717, 1.165) is 37.4 Å². The normalized spacial score (nSPS) is 17.0. The SMILES string of the molecule is CN1CCN(c2nc(Nc3cc(C4CC4)[nH]n3)nc(NC(CC(=O)N(C)C)c3ccccc3)n2)CC1. The molecule has 1 saturated heterocycles. The number of carbonyl (C=O) groups excluding carboxylic acids is 1. The third-order valence-electron chi connectivity index (χ3n) is 6.65. The molecule has 3 N–H and O–H groups in total. The van der Waals surface area contributed by atoms with E-state index in [9.17, 15) is 4.79 Å². The molecule has 2 fully saturated rings. The first-order chi connectivity index (χ1) is 17.4. The first-order valence-corrected chi connectivity index (χ1v) is 12.5. The summed E-state index contributed by atoms with van der Waals surface area (Å²) in [4.78, 5) is 32.8. The van der Waals surface area contributed by atoms with Crippen LogP contribution >= 0.6 is 0 Å². The van der Waals surface area contributed by atoms with Gasteiger partial charge in [0.15, 0.2) is 5.82 Å². The molecule has 36 heavy (non-hydrogen) atoms. The van der Waals surface area contributed by atoms with Gasteiger partial charge in [-0.05, 0) is 25.5 Å². The number of aromatic amines is 1. The molecule has 3 aromatic rings. The van der Waals surface area contributed by atoms with Crippen LogP contribution in [0.2, 0.25) is 0 Å².